The summed E-state index contributed by atoms with van der Waals surface area (Å²) in [5, 5.41) is 7.33. The second-order valence-corrected chi connectivity index (χ2v) is 41.6. The van der Waals surface area contributed by atoms with Crippen LogP contribution in [0.3, 0.4) is 0 Å². The van der Waals surface area contributed by atoms with E-state index in [4.69, 9.17) is 44.9 Å². The van der Waals surface area contributed by atoms with Crippen LogP contribution >= 0.6 is 11.3 Å². The van der Waals surface area contributed by atoms with Gasteiger partial charge in [0, 0.05) is 115 Å². The molecule has 18 aromatic carbocycles. The molecule has 0 saturated heterocycles. The topological polar surface area (TPSA) is 129 Å². The minimum atomic E-state index is -0.105. The zero-order chi connectivity index (χ0) is 96.9. The van der Waals surface area contributed by atoms with E-state index in [1.165, 1.54) is 132 Å². The van der Waals surface area contributed by atoms with Crippen molar-refractivity contribution in [3.05, 3.63) is 476 Å². The fraction of sp³-hybridized carbons (Fsp3) is 0.114. The Morgan fingerprint density at radius 3 is 1.20 bits per heavy atom. The van der Waals surface area contributed by atoms with Gasteiger partial charge in [-0.3, -0.25) is 9.13 Å². The van der Waals surface area contributed by atoms with Crippen LogP contribution in [-0.4, -0.2) is 60.0 Å². The minimum Gasteiger partial charge on any atom is -0.337 e. The van der Waals surface area contributed by atoms with Crippen molar-refractivity contribution in [3.8, 4) is 136 Å². The molecule has 0 N–H and O–H groups in total. The lowest BCUT2D eigenvalue weighted by atomic mass is 9.63. The molecule has 6 aromatic heterocycles. The molecule has 692 valence electrons. The lowest BCUT2D eigenvalue weighted by molar-refractivity contribution is 0.199. The van der Waals surface area contributed by atoms with Gasteiger partial charge in [-0.25, -0.2) is 24.9 Å². The number of hydrogen-bond acceptors (Lipinski definition) is 11. The zero-order valence-electron chi connectivity index (χ0n) is 81.1. The molecule has 29 rings (SSSR count). The molecule has 5 aliphatic rings. The molecule has 7 heterocycles. The number of thiophene rings is 1. The van der Waals surface area contributed by atoms with E-state index >= 15 is 0 Å². The van der Waals surface area contributed by atoms with E-state index in [1.54, 1.807) is 16.9 Å². The average Bonchev–Trinajstić information content (AvgIpc) is 1.54. The molecule has 1 saturated carbocycles. The first kappa shape index (κ1) is 86.7. The van der Waals surface area contributed by atoms with Crippen molar-refractivity contribution in [3.63, 3.8) is 0 Å². The third-order valence-corrected chi connectivity index (χ3v) is 32.7. The SMILES string of the molecule is CC1(C)c2ccccc2-c2c1ccc1c2c2ccc(-c3ccccc3)cc2n1-c1nc(-c2ccccc2)nc(-c2ccccc2)n1.CC1(C)c2ccccc2-c2c1ccc1c2c2ccccc2n1-c1nc(-c2ccccc2)nc(-c2cccc3c2sc2ccccc23)n1.CC1(C)c2ccccc2C2C3c4ccc(-c5ccccc5)cc4N(c4cccc(-c5nc(-c6ccccc6)nc(-c6ccccc6)n5)c4)C3CCC21. The van der Waals surface area contributed by atoms with Gasteiger partial charge in [-0.1, -0.05) is 424 Å². The van der Waals surface area contributed by atoms with Crippen LogP contribution in [0.4, 0.5) is 11.4 Å². The maximum atomic E-state index is 5.31. The van der Waals surface area contributed by atoms with E-state index in [0.29, 0.717) is 76.5 Å². The van der Waals surface area contributed by atoms with Crippen molar-refractivity contribution in [2.75, 3.05) is 4.90 Å². The van der Waals surface area contributed by atoms with Gasteiger partial charge in [-0.15, -0.1) is 11.3 Å². The number of aromatic nitrogens is 11. The van der Waals surface area contributed by atoms with E-state index in [-0.39, 0.29) is 16.2 Å². The molecule has 4 unspecified atom stereocenters. The number of benzene rings is 18. The average molecular weight is 1880 g/mol. The Balaban J connectivity index is 0.000000108. The van der Waals surface area contributed by atoms with Gasteiger partial charge in [-0.05, 0) is 168 Å². The molecule has 13 heteroatoms. The number of rotatable bonds is 12. The molecule has 1 aliphatic heterocycles. The van der Waals surface area contributed by atoms with Crippen LogP contribution in [0.5, 0.6) is 0 Å². The fourth-order valence-corrected chi connectivity index (χ4v) is 25.9. The predicted molar refractivity (Wildman–Crippen MR) is 595 cm³/mol. The van der Waals surface area contributed by atoms with Crippen LogP contribution in [-0.2, 0) is 16.2 Å². The van der Waals surface area contributed by atoms with Crippen LogP contribution in [0.15, 0.2) is 437 Å². The van der Waals surface area contributed by atoms with Gasteiger partial charge in [-0.2, -0.15) is 19.9 Å². The molecule has 4 atom stereocenters. The normalized spacial score (nSPS) is 16.0. The van der Waals surface area contributed by atoms with Crippen LogP contribution in [0.1, 0.15) is 105 Å². The molecule has 0 amide bonds. The van der Waals surface area contributed by atoms with Crippen molar-refractivity contribution in [1.82, 2.24) is 54.0 Å². The van der Waals surface area contributed by atoms with Gasteiger partial charge in [0.2, 0.25) is 11.9 Å². The van der Waals surface area contributed by atoms with Gasteiger partial charge < -0.3 is 4.90 Å². The highest BCUT2D eigenvalue weighted by atomic mass is 32.1. The Morgan fingerprint density at radius 1 is 0.255 bits per heavy atom. The summed E-state index contributed by atoms with van der Waals surface area (Å²) in [5.41, 5.74) is 33.6. The summed E-state index contributed by atoms with van der Waals surface area (Å²) in [7, 11) is 0. The second-order valence-electron chi connectivity index (χ2n) is 40.5. The molecular weight excluding hydrogens is 1790 g/mol. The molecule has 1 fully saturated rings. The Labute approximate surface area is 845 Å². The standard InChI is InChI=1S/C48H40N4.C42H28N4S.C42H30N4/c1-48(2)39-24-13-12-23-37(39)43-40(48)27-28-41-44(43)38-26-25-34(31-15-6-3-7-16-31)30-42(38)52(41)36-22-14-21-35(29-36)47-50-45(32-17-8-4-9-18-32)49-46(51-47)33-19-10-5-11-20-33;1-42(2)31-20-9-6-16-28(31)36-32(42)23-24-34-37(36)29-17-7-10-21-33(29)46(34)41-44-39(25-13-4-3-5-14-25)43-40(45-41)30-19-12-18-27-26-15-8-11-22-35(26)47-38(27)30;1-42(2)33-21-13-12-20-31(33)37-34(42)24-25-35-38(37)32-23-22-30(27-14-6-3-7-15-27)26-36(32)46(35)41-44-39(28-16-8-4-9-17-28)43-40(45-41)29-18-10-5-11-19-29/h3-26,29-30,40-41,43-44H,27-28H2,1-2H3;3-24H,1-2H3;3-26H,1-2H3. The second kappa shape index (κ2) is 34.5. The smallest absolute Gasteiger partial charge is 0.238 e. The Morgan fingerprint density at radius 2 is 0.655 bits per heavy atom. The Hall–Kier alpha value is -17.4. The van der Waals surface area contributed by atoms with Crippen LogP contribution < -0.4 is 4.90 Å². The summed E-state index contributed by atoms with van der Waals surface area (Å²) in [6.07, 6.45) is 2.35. The lowest BCUT2D eigenvalue weighted by Crippen LogP contribution is -2.41. The molecule has 0 spiro atoms. The summed E-state index contributed by atoms with van der Waals surface area (Å²) in [4.78, 5) is 48.8. The van der Waals surface area contributed by atoms with Gasteiger partial charge in [0.1, 0.15) is 0 Å². The van der Waals surface area contributed by atoms with Crippen LogP contribution in [0, 0.1) is 5.92 Å². The molecular formula is C132H98N12S. The third kappa shape index (κ3) is 14.3. The summed E-state index contributed by atoms with van der Waals surface area (Å²) in [6.45, 7) is 14.3. The van der Waals surface area contributed by atoms with Crippen molar-refractivity contribution < 1.29 is 0 Å². The lowest BCUT2D eigenvalue weighted by Gasteiger charge is -2.43. The largest absolute Gasteiger partial charge is 0.337 e. The first-order valence-corrected chi connectivity index (χ1v) is 51.1. The summed E-state index contributed by atoms with van der Waals surface area (Å²) < 4.78 is 6.92. The van der Waals surface area contributed by atoms with E-state index < -0.39 is 0 Å². The van der Waals surface area contributed by atoms with E-state index in [9.17, 15) is 0 Å². The third-order valence-electron chi connectivity index (χ3n) is 31.5. The Bertz CT molecular complexity index is 9140. The van der Waals surface area contributed by atoms with Gasteiger partial charge >= 0.3 is 0 Å². The first-order valence-electron chi connectivity index (χ1n) is 50.3. The maximum absolute atomic E-state index is 5.31. The monoisotopic (exact) mass is 1880 g/mol. The fourth-order valence-electron chi connectivity index (χ4n) is 24.7. The number of hydrogen-bond donors (Lipinski definition) is 0. The van der Waals surface area contributed by atoms with Crippen molar-refractivity contribution in [2.24, 2.45) is 5.92 Å². The van der Waals surface area contributed by atoms with E-state index in [1.807, 2.05) is 91.0 Å². The molecule has 145 heavy (non-hydrogen) atoms. The van der Waals surface area contributed by atoms with E-state index in [0.717, 1.165) is 73.0 Å². The van der Waals surface area contributed by atoms with E-state index in [2.05, 4.69) is 401 Å². The molecule has 12 nitrogen and oxygen atoms in total. The van der Waals surface area contributed by atoms with Gasteiger partial charge in [0.15, 0.2) is 40.8 Å². The predicted octanol–water partition coefficient (Wildman–Crippen LogP) is 32.9. The highest BCUT2D eigenvalue weighted by molar-refractivity contribution is 7.26. The van der Waals surface area contributed by atoms with Crippen LogP contribution in [0.25, 0.3) is 200 Å². The highest BCUT2D eigenvalue weighted by Gasteiger charge is 2.57. The number of anilines is 2. The van der Waals surface area contributed by atoms with Gasteiger partial charge in [0.05, 0.1) is 22.1 Å². The molecule has 0 bridgehead atoms. The highest BCUT2D eigenvalue weighted by Crippen LogP contribution is 2.66. The van der Waals surface area contributed by atoms with Gasteiger partial charge in [0.25, 0.3) is 0 Å². The summed E-state index contributed by atoms with van der Waals surface area (Å²) in [5.74, 6) is 7.35. The zero-order valence-corrected chi connectivity index (χ0v) is 81.9. The number of nitrogens with zero attached hydrogens (tertiary/aromatic N) is 12. The van der Waals surface area contributed by atoms with Crippen molar-refractivity contribution in [2.45, 2.75) is 88.5 Å². The van der Waals surface area contributed by atoms with Crippen molar-refractivity contribution in [1.29, 1.82) is 0 Å². The first-order chi connectivity index (χ1) is 71.2. The molecule has 24 aromatic rings. The van der Waals surface area contributed by atoms with Crippen LogP contribution in [0.2, 0.25) is 0 Å². The Kier molecular flexibility index (Phi) is 20.6. The minimum absolute atomic E-state index is 0.0902. The number of fused-ring (bicyclic) bond motifs is 24. The van der Waals surface area contributed by atoms with Crippen molar-refractivity contribution >= 4 is 86.5 Å². The molecule has 0 radical (unpaired) electrons. The summed E-state index contributed by atoms with van der Waals surface area (Å²) >= 11 is 1.79. The summed E-state index contributed by atoms with van der Waals surface area (Å²) in [6, 6.07) is 156. The quantitative estimate of drug-likeness (QED) is 0.117. The molecule has 4 aliphatic carbocycles. The maximum Gasteiger partial charge on any atom is 0.238 e. The number of para-hydroxylation sites is 1.